The fourth-order valence-electron chi connectivity index (χ4n) is 2.76. The van der Waals surface area contributed by atoms with Gasteiger partial charge in [-0.1, -0.05) is 11.8 Å². The first kappa shape index (κ1) is 19.0. The van der Waals surface area contributed by atoms with Crippen LogP contribution in [0.5, 0.6) is 5.75 Å². The van der Waals surface area contributed by atoms with E-state index in [9.17, 15) is 8.42 Å². The summed E-state index contributed by atoms with van der Waals surface area (Å²) < 4.78 is 31.5. The van der Waals surface area contributed by atoms with E-state index in [1.807, 2.05) is 30.3 Å². The van der Waals surface area contributed by atoms with E-state index in [1.165, 1.54) is 15.8 Å². The third kappa shape index (κ3) is 5.09. The molecule has 27 heavy (non-hydrogen) atoms. The number of methoxy groups -OCH3 is 1. The van der Waals surface area contributed by atoms with Crippen molar-refractivity contribution in [2.24, 2.45) is 0 Å². The SMILES string of the molecule is COc1ccc(N2CCN(S(=O)(=O)/C=C\C#Cc3cccnc3)CC2)cc1. The van der Waals surface area contributed by atoms with Gasteiger partial charge in [-0.25, -0.2) is 8.42 Å². The summed E-state index contributed by atoms with van der Waals surface area (Å²) >= 11 is 0. The Labute approximate surface area is 160 Å². The van der Waals surface area contributed by atoms with Crippen molar-refractivity contribution >= 4 is 15.7 Å². The average Bonchev–Trinajstić information content (AvgIpc) is 2.72. The molecule has 0 radical (unpaired) electrons. The molecule has 1 aliphatic heterocycles. The predicted molar refractivity (Wildman–Crippen MR) is 106 cm³/mol. The predicted octanol–water partition coefficient (Wildman–Crippen LogP) is 2.11. The zero-order valence-corrected chi connectivity index (χ0v) is 15.9. The summed E-state index contributed by atoms with van der Waals surface area (Å²) in [5.41, 5.74) is 1.80. The number of ether oxygens (including phenoxy) is 1. The molecule has 140 valence electrons. The molecule has 0 atom stereocenters. The van der Waals surface area contributed by atoms with E-state index in [2.05, 4.69) is 21.7 Å². The molecule has 1 aromatic heterocycles. The van der Waals surface area contributed by atoms with Crippen molar-refractivity contribution in [3.63, 3.8) is 0 Å². The minimum absolute atomic E-state index is 0.439. The lowest BCUT2D eigenvalue weighted by molar-refractivity contribution is 0.389. The first-order valence-electron chi connectivity index (χ1n) is 8.56. The van der Waals surface area contributed by atoms with Crippen LogP contribution in [-0.4, -0.2) is 51.0 Å². The Morgan fingerprint density at radius 3 is 2.48 bits per heavy atom. The summed E-state index contributed by atoms with van der Waals surface area (Å²) in [5.74, 6) is 6.40. The van der Waals surface area contributed by atoms with Crippen LogP contribution in [0.25, 0.3) is 0 Å². The van der Waals surface area contributed by atoms with Crippen LogP contribution in [0.4, 0.5) is 5.69 Å². The van der Waals surface area contributed by atoms with Crippen LogP contribution in [0.15, 0.2) is 60.3 Å². The van der Waals surface area contributed by atoms with E-state index in [4.69, 9.17) is 4.74 Å². The normalized spacial score (nSPS) is 15.4. The quantitative estimate of drug-likeness (QED) is 0.757. The Morgan fingerprint density at radius 1 is 1.11 bits per heavy atom. The number of sulfonamides is 1. The number of anilines is 1. The van der Waals surface area contributed by atoms with Crippen LogP contribution < -0.4 is 9.64 Å². The van der Waals surface area contributed by atoms with Gasteiger partial charge in [-0.15, -0.1) is 0 Å². The first-order valence-corrected chi connectivity index (χ1v) is 10.1. The van der Waals surface area contributed by atoms with E-state index < -0.39 is 10.0 Å². The Morgan fingerprint density at radius 2 is 1.85 bits per heavy atom. The summed E-state index contributed by atoms with van der Waals surface area (Å²) in [6.45, 7) is 2.16. The highest BCUT2D eigenvalue weighted by Crippen LogP contribution is 2.21. The van der Waals surface area contributed by atoms with Crippen LogP contribution >= 0.6 is 0 Å². The van der Waals surface area contributed by atoms with Gasteiger partial charge in [-0.3, -0.25) is 4.98 Å². The standard InChI is InChI=1S/C20H21N3O3S/c1-26-20-9-7-19(8-10-20)22-12-14-23(15-13-22)27(24,25)16-3-2-5-18-6-4-11-21-17-18/h3-4,6-11,16-17H,12-15H2,1H3/b16-3-. The topological polar surface area (TPSA) is 62.7 Å². The number of hydrogen-bond acceptors (Lipinski definition) is 5. The van der Waals surface area contributed by atoms with Crippen molar-refractivity contribution in [3.05, 3.63) is 65.8 Å². The van der Waals surface area contributed by atoms with E-state index in [0.29, 0.717) is 26.2 Å². The zero-order chi connectivity index (χ0) is 19.1. The molecule has 1 saturated heterocycles. The summed E-state index contributed by atoms with van der Waals surface area (Å²) in [6.07, 6.45) is 4.67. The van der Waals surface area contributed by atoms with Gasteiger partial charge in [-0.05, 0) is 36.4 Å². The van der Waals surface area contributed by atoms with Crippen LogP contribution in [0.1, 0.15) is 5.56 Å². The fourth-order valence-corrected chi connectivity index (χ4v) is 3.85. The Hall–Kier alpha value is -2.82. The van der Waals surface area contributed by atoms with Gasteiger partial charge >= 0.3 is 0 Å². The Balaban J connectivity index is 1.57. The summed E-state index contributed by atoms with van der Waals surface area (Å²) in [6, 6.07) is 11.4. The van der Waals surface area contributed by atoms with Crippen molar-refractivity contribution in [2.45, 2.75) is 0 Å². The lowest BCUT2D eigenvalue weighted by Crippen LogP contribution is -2.48. The average molecular weight is 383 g/mol. The number of allylic oxidation sites excluding steroid dienone is 1. The number of benzene rings is 1. The molecular formula is C20H21N3O3S. The molecule has 1 fully saturated rings. The van der Waals surface area contributed by atoms with Gasteiger partial charge in [0.25, 0.3) is 0 Å². The molecule has 0 N–H and O–H groups in total. The molecule has 1 aliphatic rings. The van der Waals surface area contributed by atoms with Crippen LogP contribution in [0, 0.1) is 11.8 Å². The molecule has 2 heterocycles. The second-order valence-corrected chi connectivity index (χ2v) is 7.76. The van der Waals surface area contributed by atoms with Gasteiger partial charge in [0, 0.05) is 55.9 Å². The third-order valence-corrected chi connectivity index (χ3v) is 5.80. The Kier molecular flexibility index (Phi) is 6.12. The lowest BCUT2D eigenvalue weighted by atomic mass is 10.2. The number of nitrogens with zero attached hydrogens (tertiary/aromatic N) is 3. The molecule has 0 amide bonds. The molecular weight excluding hydrogens is 362 g/mol. The monoisotopic (exact) mass is 383 g/mol. The molecule has 0 spiro atoms. The summed E-state index contributed by atoms with van der Waals surface area (Å²) in [5, 5.41) is 1.17. The number of aromatic nitrogens is 1. The number of pyridine rings is 1. The van der Waals surface area contributed by atoms with Gasteiger partial charge < -0.3 is 9.64 Å². The van der Waals surface area contributed by atoms with Gasteiger partial charge in [0.1, 0.15) is 5.75 Å². The summed E-state index contributed by atoms with van der Waals surface area (Å²) in [4.78, 5) is 6.13. The molecule has 2 aromatic rings. The van der Waals surface area contributed by atoms with Gasteiger partial charge in [-0.2, -0.15) is 4.31 Å². The largest absolute Gasteiger partial charge is 0.497 e. The highest BCUT2D eigenvalue weighted by molar-refractivity contribution is 7.92. The van der Waals surface area contributed by atoms with Crippen LogP contribution in [0.3, 0.4) is 0 Å². The molecule has 1 aromatic carbocycles. The molecule has 0 saturated carbocycles. The zero-order valence-electron chi connectivity index (χ0n) is 15.1. The van der Waals surface area contributed by atoms with Crippen molar-refractivity contribution in [3.8, 4) is 17.6 Å². The number of rotatable bonds is 4. The summed E-state index contributed by atoms with van der Waals surface area (Å²) in [7, 11) is -1.83. The minimum atomic E-state index is -3.47. The van der Waals surface area contributed by atoms with Crippen LogP contribution in [-0.2, 0) is 10.0 Å². The van der Waals surface area contributed by atoms with Crippen molar-refractivity contribution in [2.75, 3.05) is 38.2 Å². The van der Waals surface area contributed by atoms with E-state index in [1.54, 1.807) is 25.6 Å². The van der Waals surface area contributed by atoms with Crippen molar-refractivity contribution < 1.29 is 13.2 Å². The maximum absolute atomic E-state index is 12.4. The van der Waals surface area contributed by atoms with Gasteiger partial charge in [0.15, 0.2) is 0 Å². The van der Waals surface area contributed by atoms with Gasteiger partial charge in [0.05, 0.1) is 12.5 Å². The second kappa shape index (κ2) is 8.71. The van der Waals surface area contributed by atoms with Crippen molar-refractivity contribution in [1.29, 1.82) is 0 Å². The highest BCUT2D eigenvalue weighted by atomic mass is 32.2. The fraction of sp³-hybridized carbons (Fsp3) is 0.250. The van der Waals surface area contributed by atoms with E-state index in [-0.39, 0.29) is 0 Å². The molecule has 7 heteroatoms. The molecule has 6 nitrogen and oxygen atoms in total. The second-order valence-electron chi connectivity index (χ2n) is 5.94. The maximum Gasteiger partial charge on any atom is 0.236 e. The van der Waals surface area contributed by atoms with Gasteiger partial charge in [0.2, 0.25) is 10.0 Å². The number of hydrogen-bond donors (Lipinski definition) is 0. The molecule has 0 bridgehead atoms. The lowest BCUT2D eigenvalue weighted by Gasteiger charge is -2.34. The Bertz CT molecular complexity index is 937. The van der Waals surface area contributed by atoms with Crippen molar-refractivity contribution in [1.82, 2.24) is 9.29 Å². The maximum atomic E-state index is 12.4. The molecule has 3 rings (SSSR count). The van der Waals surface area contributed by atoms with E-state index >= 15 is 0 Å². The first-order chi connectivity index (χ1) is 13.1. The highest BCUT2D eigenvalue weighted by Gasteiger charge is 2.25. The van der Waals surface area contributed by atoms with Crippen LogP contribution in [0.2, 0.25) is 0 Å². The number of piperazine rings is 1. The minimum Gasteiger partial charge on any atom is -0.497 e. The smallest absolute Gasteiger partial charge is 0.236 e. The van der Waals surface area contributed by atoms with E-state index in [0.717, 1.165) is 17.0 Å². The molecule has 0 unspecified atom stereocenters. The molecule has 0 aliphatic carbocycles. The third-order valence-electron chi connectivity index (χ3n) is 4.24.